The molecule has 9 nitrogen and oxygen atoms in total. The van der Waals surface area contributed by atoms with Gasteiger partial charge in [-0.3, -0.25) is 14.3 Å². The lowest BCUT2D eigenvalue weighted by molar-refractivity contribution is -0.291. The van der Waals surface area contributed by atoms with E-state index in [1.807, 2.05) is 0 Å². The van der Waals surface area contributed by atoms with Gasteiger partial charge < -0.3 is 24.8 Å². The number of nitrogens with zero attached hydrogens (tertiary/aromatic N) is 1. The number of H-pyrrole nitrogens is 1. The molecule has 4 N–H and O–H groups in total. The van der Waals surface area contributed by atoms with Crippen molar-refractivity contribution >= 4 is 0 Å². The SMILES string of the molecule is CO[C@H]1O[C@H](Cn2cc(C)c(=O)[nH]c2=O)[C@@H](O)[C@H](O)[C@H]1O. The van der Waals surface area contributed by atoms with Gasteiger partial charge in [0.2, 0.25) is 0 Å². The minimum Gasteiger partial charge on any atom is -0.388 e. The number of rotatable bonds is 3. The van der Waals surface area contributed by atoms with E-state index in [-0.39, 0.29) is 6.54 Å². The molecule has 1 saturated heterocycles. The predicted molar refractivity (Wildman–Crippen MR) is 69.8 cm³/mol. The Morgan fingerprint density at radius 1 is 1.29 bits per heavy atom. The number of aryl methyl sites for hydroxylation is 1. The summed E-state index contributed by atoms with van der Waals surface area (Å²) in [5, 5.41) is 29.3. The first kappa shape index (κ1) is 15.9. The quantitative estimate of drug-likeness (QED) is 0.477. The fourth-order valence-corrected chi connectivity index (χ4v) is 2.21. The fourth-order valence-electron chi connectivity index (χ4n) is 2.21. The number of hydrogen-bond acceptors (Lipinski definition) is 7. The van der Waals surface area contributed by atoms with Gasteiger partial charge in [-0.1, -0.05) is 0 Å². The van der Waals surface area contributed by atoms with Gasteiger partial charge in [0.1, 0.15) is 24.4 Å². The van der Waals surface area contributed by atoms with Crippen molar-refractivity contribution in [3.8, 4) is 0 Å². The van der Waals surface area contributed by atoms with E-state index < -0.39 is 42.0 Å². The van der Waals surface area contributed by atoms with Crippen LogP contribution in [-0.2, 0) is 16.0 Å². The van der Waals surface area contributed by atoms with Crippen LogP contribution in [0.2, 0.25) is 0 Å². The summed E-state index contributed by atoms with van der Waals surface area (Å²) in [7, 11) is 1.28. The van der Waals surface area contributed by atoms with E-state index in [1.165, 1.54) is 20.2 Å². The lowest BCUT2D eigenvalue weighted by atomic mass is 9.99. The van der Waals surface area contributed by atoms with Gasteiger partial charge in [-0.2, -0.15) is 0 Å². The molecule has 0 aromatic carbocycles. The third-order valence-electron chi connectivity index (χ3n) is 3.47. The molecule has 1 aromatic heterocycles. The van der Waals surface area contributed by atoms with Crippen molar-refractivity contribution in [3.05, 3.63) is 32.6 Å². The Bertz CT molecular complexity index is 608. The molecule has 0 radical (unpaired) electrons. The molecule has 0 saturated carbocycles. The summed E-state index contributed by atoms with van der Waals surface area (Å²) in [5.74, 6) is 0. The van der Waals surface area contributed by atoms with Crippen LogP contribution in [0.1, 0.15) is 5.56 Å². The van der Waals surface area contributed by atoms with Crippen LogP contribution in [0.25, 0.3) is 0 Å². The highest BCUT2D eigenvalue weighted by molar-refractivity contribution is 5.01. The third kappa shape index (κ3) is 3.06. The Morgan fingerprint density at radius 3 is 2.57 bits per heavy atom. The van der Waals surface area contributed by atoms with Gasteiger partial charge in [0.05, 0.1) is 6.54 Å². The Morgan fingerprint density at radius 2 is 1.95 bits per heavy atom. The van der Waals surface area contributed by atoms with E-state index in [1.54, 1.807) is 0 Å². The Balaban J connectivity index is 2.24. The number of aliphatic hydroxyl groups excluding tert-OH is 3. The van der Waals surface area contributed by atoms with Gasteiger partial charge in [0, 0.05) is 18.9 Å². The molecule has 0 amide bonds. The minimum atomic E-state index is -1.46. The van der Waals surface area contributed by atoms with Crippen molar-refractivity contribution in [2.75, 3.05) is 7.11 Å². The van der Waals surface area contributed by atoms with Crippen LogP contribution >= 0.6 is 0 Å². The lowest BCUT2D eigenvalue weighted by Crippen LogP contribution is -2.59. The van der Waals surface area contributed by atoms with E-state index in [9.17, 15) is 24.9 Å². The van der Waals surface area contributed by atoms with Crippen LogP contribution in [-0.4, -0.2) is 62.7 Å². The van der Waals surface area contributed by atoms with Gasteiger partial charge >= 0.3 is 5.69 Å². The van der Waals surface area contributed by atoms with Gasteiger partial charge in [-0.25, -0.2) is 4.79 Å². The van der Waals surface area contributed by atoms with E-state index in [0.717, 1.165) is 4.57 Å². The number of methoxy groups -OCH3 is 1. The molecule has 21 heavy (non-hydrogen) atoms. The molecule has 0 unspecified atom stereocenters. The maximum absolute atomic E-state index is 11.7. The topological polar surface area (TPSA) is 134 Å². The summed E-state index contributed by atoms with van der Waals surface area (Å²) in [4.78, 5) is 25.1. The lowest BCUT2D eigenvalue weighted by Gasteiger charge is -2.39. The predicted octanol–water partition coefficient (Wildman–Crippen LogP) is -2.70. The molecular weight excluding hydrogens is 284 g/mol. The molecule has 1 aliphatic rings. The second-order valence-corrected chi connectivity index (χ2v) is 4.97. The van der Waals surface area contributed by atoms with Gasteiger partial charge in [0.15, 0.2) is 6.29 Å². The summed E-state index contributed by atoms with van der Waals surface area (Å²) < 4.78 is 11.4. The molecule has 9 heteroatoms. The van der Waals surface area contributed by atoms with E-state index in [4.69, 9.17) is 9.47 Å². The second-order valence-electron chi connectivity index (χ2n) is 4.97. The van der Waals surface area contributed by atoms with Crippen molar-refractivity contribution in [2.45, 2.75) is 44.2 Å². The zero-order valence-corrected chi connectivity index (χ0v) is 11.6. The van der Waals surface area contributed by atoms with E-state index in [2.05, 4.69) is 4.98 Å². The number of aromatic amines is 1. The number of ether oxygens (including phenoxy) is 2. The molecular formula is C12H18N2O7. The molecule has 1 aliphatic heterocycles. The standard InChI is InChI=1S/C12H18N2O7/c1-5-3-14(12(19)13-10(5)18)4-6-7(15)8(16)9(17)11(20-2)21-6/h3,6-9,11,15-17H,4H2,1-2H3,(H,13,18,19)/t6-,7-,8+,9-,11+/m1/s1. The Labute approximate surface area is 119 Å². The van der Waals surface area contributed by atoms with Crippen LogP contribution in [0.3, 0.4) is 0 Å². The first-order valence-electron chi connectivity index (χ1n) is 6.38. The number of hydrogen-bond donors (Lipinski definition) is 4. The highest BCUT2D eigenvalue weighted by Gasteiger charge is 2.44. The molecule has 1 aromatic rings. The minimum absolute atomic E-state index is 0.110. The number of aliphatic hydroxyl groups is 3. The zero-order valence-electron chi connectivity index (χ0n) is 11.6. The van der Waals surface area contributed by atoms with Crippen molar-refractivity contribution in [1.29, 1.82) is 0 Å². The average Bonchev–Trinajstić information content (AvgIpc) is 2.45. The summed E-state index contributed by atoms with van der Waals surface area (Å²) >= 11 is 0. The third-order valence-corrected chi connectivity index (χ3v) is 3.47. The van der Waals surface area contributed by atoms with Crippen molar-refractivity contribution < 1.29 is 24.8 Å². The van der Waals surface area contributed by atoms with Gasteiger partial charge in [-0.05, 0) is 6.92 Å². The largest absolute Gasteiger partial charge is 0.388 e. The maximum Gasteiger partial charge on any atom is 0.328 e. The second kappa shape index (κ2) is 6.08. The van der Waals surface area contributed by atoms with Crippen molar-refractivity contribution in [2.24, 2.45) is 0 Å². The van der Waals surface area contributed by atoms with Crippen molar-refractivity contribution in [1.82, 2.24) is 9.55 Å². The normalized spacial score (nSPS) is 33.1. The van der Waals surface area contributed by atoms with Crippen LogP contribution in [0.5, 0.6) is 0 Å². The van der Waals surface area contributed by atoms with Crippen LogP contribution in [0, 0.1) is 6.92 Å². The highest BCUT2D eigenvalue weighted by atomic mass is 16.7. The van der Waals surface area contributed by atoms with E-state index in [0.29, 0.717) is 5.56 Å². The molecule has 0 bridgehead atoms. The first-order valence-corrected chi connectivity index (χ1v) is 6.38. The van der Waals surface area contributed by atoms with E-state index >= 15 is 0 Å². The summed E-state index contributed by atoms with van der Waals surface area (Å²) in [6, 6.07) is 0. The molecule has 2 rings (SSSR count). The summed E-state index contributed by atoms with van der Waals surface area (Å²) in [6.07, 6.45) is -5.02. The molecule has 5 atom stereocenters. The van der Waals surface area contributed by atoms with Gasteiger partial charge in [0.25, 0.3) is 5.56 Å². The Hall–Kier alpha value is -1.52. The Kier molecular flexibility index (Phi) is 4.59. The number of nitrogens with one attached hydrogen (secondary N) is 1. The smallest absolute Gasteiger partial charge is 0.328 e. The fraction of sp³-hybridized carbons (Fsp3) is 0.667. The molecule has 1 fully saturated rings. The molecule has 2 heterocycles. The first-order chi connectivity index (χ1) is 9.85. The van der Waals surface area contributed by atoms with Crippen LogP contribution in [0.4, 0.5) is 0 Å². The van der Waals surface area contributed by atoms with Crippen LogP contribution in [0.15, 0.2) is 15.8 Å². The van der Waals surface area contributed by atoms with Gasteiger partial charge in [-0.15, -0.1) is 0 Å². The van der Waals surface area contributed by atoms with Crippen LogP contribution < -0.4 is 11.2 Å². The highest BCUT2D eigenvalue weighted by Crippen LogP contribution is 2.22. The monoisotopic (exact) mass is 302 g/mol. The molecule has 0 aliphatic carbocycles. The molecule has 0 spiro atoms. The summed E-state index contributed by atoms with van der Waals surface area (Å²) in [6.45, 7) is 1.42. The average molecular weight is 302 g/mol. The molecule has 118 valence electrons. The number of aromatic nitrogens is 2. The zero-order chi connectivity index (χ0) is 15.7. The van der Waals surface area contributed by atoms with Crippen molar-refractivity contribution in [3.63, 3.8) is 0 Å². The maximum atomic E-state index is 11.7. The summed E-state index contributed by atoms with van der Waals surface area (Å²) in [5.41, 5.74) is -0.827.